The maximum absolute atomic E-state index is 13.6. The molecule has 1 heterocycles. The van der Waals surface area contributed by atoms with Gasteiger partial charge in [0.1, 0.15) is 0 Å². The Morgan fingerprint density at radius 1 is 1.23 bits per heavy atom. The Labute approximate surface area is 81.3 Å². The van der Waals surface area contributed by atoms with E-state index < -0.39 is 6.30 Å². The summed E-state index contributed by atoms with van der Waals surface area (Å²) in [5.41, 5.74) is 0.106. The van der Waals surface area contributed by atoms with E-state index in [1.807, 2.05) is 11.9 Å². The lowest BCUT2D eigenvalue weighted by atomic mass is 9.62. The molecule has 0 amide bonds. The Balaban J connectivity index is 3.00. The van der Waals surface area contributed by atoms with E-state index in [1.165, 1.54) is 0 Å². The number of alkyl halides is 1. The molecule has 13 heavy (non-hydrogen) atoms. The first-order chi connectivity index (χ1) is 5.71. The summed E-state index contributed by atoms with van der Waals surface area (Å²) in [5.74, 6) is 0.439. The van der Waals surface area contributed by atoms with Gasteiger partial charge in [0.15, 0.2) is 6.30 Å². The van der Waals surface area contributed by atoms with Gasteiger partial charge in [0.2, 0.25) is 0 Å². The van der Waals surface area contributed by atoms with E-state index in [2.05, 4.69) is 34.6 Å². The molecule has 1 aliphatic heterocycles. The zero-order valence-corrected chi connectivity index (χ0v) is 9.69. The zero-order chi connectivity index (χ0) is 10.4. The highest BCUT2D eigenvalue weighted by Gasteiger charge is 2.50. The van der Waals surface area contributed by atoms with E-state index in [4.69, 9.17) is 0 Å². The van der Waals surface area contributed by atoms with Gasteiger partial charge >= 0.3 is 0 Å². The SMILES string of the molecule is CC1CC(F)N(C)C(C)(C)C1(C)C. The van der Waals surface area contributed by atoms with Crippen LogP contribution in [0, 0.1) is 11.3 Å². The first-order valence-corrected chi connectivity index (χ1v) is 5.08. The van der Waals surface area contributed by atoms with Crippen LogP contribution in [0.4, 0.5) is 4.39 Å². The van der Waals surface area contributed by atoms with Gasteiger partial charge in [-0.1, -0.05) is 20.8 Å². The zero-order valence-electron chi connectivity index (χ0n) is 9.69. The van der Waals surface area contributed by atoms with Crippen molar-refractivity contribution in [2.45, 2.75) is 52.9 Å². The number of rotatable bonds is 0. The number of halogens is 1. The van der Waals surface area contributed by atoms with Crippen LogP contribution >= 0.6 is 0 Å². The summed E-state index contributed by atoms with van der Waals surface area (Å²) in [4.78, 5) is 1.87. The van der Waals surface area contributed by atoms with Gasteiger partial charge in [-0.15, -0.1) is 0 Å². The summed E-state index contributed by atoms with van der Waals surface area (Å²) in [6.07, 6.45) is -0.120. The number of piperidine rings is 1. The van der Waals surface area contributed by atoms with Crippen molar-refractivity contribution in [3.8, 4) is 0 Å². The molecule has 2 unspecified atom stereocenters. The number of hydrogen-bond donors (Lipinski definition) is 0. The Morgan fingerprint density at radius 2 is 1.69 bits per heavy atom. The molecule has 1 rings (SSSR count). The van der Waals surface area contributed by atoms with Crippen molar-refractivity contribution in [2.24, 2.45) is 11.3 Å². The second-order valence-electron chi connectivity index (χ2n) is 5.46. The quantitative estimate of drug-likeness (QED) is 0.527. The first-order valence-electron chi connectivity index (χ1n) is 5.08. The molecular weight excluding hydrogens is 165 g/mol. The fourth-order valence-corrected chi connectivity index (χ4v) is 2.15. The van der Waals surface area contributed by atoms with Crippen molar-refractivity contribution in [2.75, 3.05) is 7.05 Å². The molecule has 2 atom stereocenters. The third-order valence-electron chi connectivity index (χ3n) is 4.66. The molecule has 1 nitrogen and oxygen atoms in total. The smallest absolute Gasteiger partial charge is 0.154 e. The van der Waals surface area contributed by atoms with Gasteiger partial charge in [-0.05, 0) is 38.6 Å². The van der Waals surface area contributed by atoms with Crippen molar-refractivity contribution in [3.05, 3.63) is 0 Å². The van der Waals surface area contributed by atoms with Crippen LogP contribution in [0.25, 0.3) is 0 Å². The predicted molar refractivity (Wildman–Crippen MR) is 54.3 cm³/mol. The maximum atomic E-state index is 13.6. The Morgan fingerprint density at radius 3 is 2.15 bits per heavy atom. The van der Waals surface area contributed by atoms with Gasteiger partial charge in [-0.2, -0.15) is 0 Å². The average molecular weight is 187 g/mol. The third-order valence-corrected chi connectivity index (χ3v) is 4.66. The maximum Gasteiger partial charge on any atom is 0.154 e. The second kappa shape index (κ2) is 2.94. The molecule has 0 bridgehead atoms. The van der Waals surface area contributed by atoms with Gasteiger partial charge in [0, 0.05) is 5.54 Å². The predicted octanol–water partition coefficient (Wildman–Crippen LogP) is 3.06. The van der Waals surface area contributed by atoms with Crippen LogP contribution in [-0.4, -0.2) is 23.8 Å². The summed E-state index contributed by atoms with van der Waals surface area (Å²) in [6, 6.07) is 0. The monoisotopic (exact) mass is 187 g/mol. The minimum absolute atomic E-state index is 0.0654. The molecule has 1 aliphatic rings. The van der Waals surface area contributed by atoms with Gasteiger partial charge in [0.25, 0.3) is 0 Å². The minimum atomic E-state index is -0.780. The Kier molecular flexibility index (Phi) is 2.48. The van der Waals surface area contributed by atoms with Crippen molar-refractivity contribution >= 4 is 0 Å². The van der Waals surface area contributed by atoms with Gasteiger partial charge in [0.05, 0.1) is 0 Å². The van der Waals surface area contributed by atoms with Crippen molar-refractivity contribution < 1.29 is 4.39 Å². The van der Waals surface area contributed by atoms with Crippen molar-refractivity contribution in [1.82, 2.24) is 4.90 Å². The minimum Gasteiger partial charge on any atom is -0.271 e. The summed E-state index contributed by atoms with van der Waals surface area (Å²) in [7, 11) is 1.89. The van der Waals surface area contributed by atoms with E-state index in [0.717, 1.165) is 0 Å². The van der Waals surface area contributed by atoms with Crippen LogP contribution in [0.5, 0.6) is 0 Å². The summed E-state index contributed by atoms with van der Waals surface area (Å²) < 4.78 is 13.6. The topological polar surface area (TPSA) is 3.24 Å². The van der Waals surface area contributed by atoms with Crippen LogP contribution in [0.15, 0.2) is 0 Å². The van der Waals surface area contributed by atoms with E-state index in [1.54, 1.807) is 0 Å². The second-order valence-corrected chi connectivity index (χ2v) is 5.46. The number of hydrogen-bond acceptors (Lipinski definition) is 1. The van der Waals surface area contributed by atoms with Crippen molar-refractivity contribution in [3.63, 3.8) is 0 Å². The number of nitrogens with zero attached hydrogens (tertiary/aromatic N) is 1. The summed E-state index contributed by atoms with van der Waals surface area (Å²) >= 11 is 0. The van der Waals surface area contributed by atoms with Gasteiger partial charge in [-0.3, -0.25) is 4.90 Å². The van der Waals surface area contributed by atoms with Crippen LogP contribution in [-0.2, 0) is 0 Å². The van der Waals surface area contributed by atoms with Crippen LogP contribution in [0.2, 0.25) is 0 Å². The lowest BCUT2D eigenvalue weighted by Gasteiger charge is -2.56. The average Bonchev–Trinajstić information content (AvgIpc) is 2.00. The van der Waals surface area contributed by atoms with E-state index in [0.29, 0.717) is 12.3 Å². The third kappa shape index (κ3) is 1.39. The summed E-state index contributed by atoms with van der Waals surface area (Å²) in [5, 5.41) is 0. The molecule has 0 spiro atoms. The first kappa shape index (κ1) is 11.0. The fourth-order valence-electron chi connectivity index (χ4n) is 2.15. The normalized spacial score (nSPS) is 39.0. The largest absolute Gasteiger partial charge is 0.271 e. The van der Waals surface area contributed by atoms with Crippen LogP contribution in [0.1, 0.15) is 41.0 Å². The Hall–Kier alpha value is -0.110. The molecule has 2 heteroatoms. The molecule has 0 aromatic carbocycles. The van der Waals surface area contributed by atoms with Gasteiger partial charge in [-0.25, -0.2) is 4.39 Å². The van der Waals surface area contributed by atoms with Crippen LogP contribution < -0.4 is 0 Å². The molecule has 0 aromatic heterocycles. The molecule has 1 saturated heterocycles. The molecule has 0 radical (unpaired) electrons. The fraction of sp³-hybridized carbons (Fsp3) is 1.00. The van der Waals surface area contributed by atoms with E-state index in [9.17, 15) is 4.39 Å². The molecule has 0 aromatic rings. The Bertz CT molecular complexity index is 198. The highest BCUT2D eigenvalue weighted by molar-refractivity contribution is 5.01. The molecule has 0 aliphatic carbocycles. The molecule has 0 N–H and O–H groups in total. The number of likely N-dealkylation sites (tertiary alicyclic amines) is 1. The highest BCUT2D eigenvalue weighted by Crippen LogP contribution is 2.48. The van der Waals surface area contributed by atoms with Crippen molar-refractivity contribution in [1.29, 1.82) is 0 Å². The molecule has 78 valence electrons. The molecule has 1 fully saturated rings. The molecule has 0 saturated carbocycles. The highest BCUT2D eigenvalue weighted by atomic mass is 19.1. The van der Waals surface area contributed by atoms with E-state index in [-0.39, 0.29) is 11.0 Å². The molecular formula is C11H22FN. The summed E-state index contributed by atoms with van der Waals surface area (Å²) in [6.45, 7) is 10.9. The lowest BCUT2D eigenvalue weighted by Crippen LogP contribution is -2.61. The van der Waals surface area contributed by atoms with E-state index >= 15 is 0 Å². The van der Waals surface area contributed by atoms with Gasteiger partial charge < -0.3 is 0 Å². The van der Waals surface area contributed by atoms with Crippen LogP contribution in [0.3, 0.4) is 0 Å². The standard InChI is InChI=1S/C11H22FN/c1-8-7-9(12)13(6)11(4,5)10(8,2)3/h8-9H,7H2,1-6H3. The lowest BCUT2D eigenvalue weighted by molar-refractivity contribution is -0.124.